The zero-order valence-electron chi connectivity index (χ0n) is 19.1. The molecule has 3 N–H and O–H groups in total. The third kappa shape index (κ3) is 5.08. The number of benzene rings is 3. The normalized spacial score (nSPS) is 13.3. The summed E-state index contributed by atoms with van der Waals surface area (Å²) >= 11 is 12.1. The van der Waals surface area contributed by atoms with Crippen molar-refractivity contribution in [1.82, 2.24) is 0 Å². The summed E-state index contributed by atoms with van der Waals surface area (Å²) in [5.41, 5.74) is 2.50. The van der Waals surface area contributed by atoms with Crippen LogP contribution in [0.15, 0.2) is 59.0 Å². The molecule has 4 aromatic rings. The lowest BCUT2D eigenvalue weighted by atomic mass is 9.80. The summed E-state index contributed by atoms with van der Waals surface area (Å²) in [6.07, 6.45) is 1.70. The zero-order valence-corrected chi connectivity index (χ0v) is 21.5. The Labute approximate surface area is 223 Å². The van der Waals surface area contributed by atoms with Crippen LogP contribution in [0.1, 0.15) is 40.2 Å². The fourth-order valence-electron chi connectivity index (χ4n) is 4.39. The monoisotopic (exact) mass is 559 g/mol. The second kappa shape index (κ2) is 10.0. The number of hydrogen-bond donors (Lipinski definition) is 4. The maximum absolute atomic E-state index is 12.4. The van der Waals surface area contributed by atoms with E-state index in [2.05, 4.69) is 0 Å². The van der Waals surface area contributed by atoms with Gasteiger partial charge in [-0.2, -0.15) is 0 Å². The fourth-order valence-corrected chi connectivity index (χ4v) is 5.45. The number of fused-ring (bicyclic) bond motifs is 1. The van der Waals surface area contributed by atoms with Gasteiger partial charge in [0.1, 0.15) is 16.9 Å². The van der Waals surface area contributed by atoms with Gasteiger partial charge >= 0.3 is 13.1 Å². The Morgan fingerprint density at radius 1 is 1.05 bits per heavy atom. The van der Waals surface area contributed by atoms with Crippen molar-refractivity contribution in [1.29, 1.82) is 0 Å². The van der Waals surface area contributed by atoms with Gasteiger partial charge in [-0.25, -0.2) is 13.2 Å². The van der Waals surface area contributed by atoms with E-state index in [9.17, 15) is 28.4 Å². The first-order valence-electron chi connectivity index (χ1n) is 11.3. The van der Waals surface area contributed by atoms with Crippen molar-refractivity contribution in [2.24, 2.45) is 0 Å². The quantitative estimate of drug-likeness (QED) is 0.188. The van der Waals surface area contributed by atoms with Gasteiger partial charge < -0.3 is 19.6 Å². The molecule has 0 saturated heterocycles. The summed E-state index contributed by atoms with van der Waals surface area (Å²) in [6, 6.07) is 14.3. The summed E-state index contributed by atoms with van der Waals surface area (Å²) < 4.78 is 32.1. The standard InChI is InChI=1S/C25H20BCl2NO7S/c27-16-6-4-15(5-7-16)24-23(25(30)31)18-10-17(14-2-3-14)21(11-22(18)36-24)29(37(34)35)12-13-1-8-19(26(32)33)20(28)9-13/h1,4-11,14,32-33,37H,2-3,12H2,(H,30,31). The van der Waals surface area contributed by atoms with Crippen LogP contribution in [0.4, 0.5) is 5.69 Å². The van der Waals surface area contributed by atoms with Gasteiger partial charge in [-0.1, -0.05) is 35.3 Å². The molecule has 0 radical (unpaired) electrons. The van der Waals surface area contributed by atoms with Crippen LogP contribution >= 0.6 is 23.2 Å². The predicted molar refractivity (Wildman–Crippen MR) is 143 cm³/mol. The van der Waals surface area contributed by atoms with Gasteiger partial charge in [-0.05, 0) is 66.3 Å². The number of nitrogens with zero attached hydrogens (tertiary/aromatic N) is 1. The molecular formula is C25H20BCl2NO7S. The van der Waals surface area contributed by atoms with E-state index < -0.39 is 24.0 Å². The first-order chi connectivity index (χ1) is 17.6. The number of aromatic carboxylic acids is 1. The van der Waals surface area contributed by atoms with Crippen molar-refractivity contribution in [3.63, 3.8) is 0 Å². The number of halogens is 2. The molecule has 12 heteroatoms. The Morgan fingerprint density at radius 3 is 2.32 bits per heavy atom. The molecule has 1 fully saturated rings. The Morgan fingerprint density at radius 2 is 1.76 bits per heavy atom. The first-order valence-corrected chi connectivity index (χ1v) is 13.2. The highest BCUT2D eigenvalue weighted by Gasteiger charge is 2.32. The SMILES string of the molecule is O=C(O)c1c(-c2ccc(Cl)cc2)oc2cc(N(Cc3ccc(B(O)O)c(Cl)c3)[SH](=O)=O)c(C3CC3)cc12. The smallest absolute Gasteiger partial charge is 0.478 e. The molecule has 8 nitrogen and oxygen atoms in total. The fraction of sp³-hybridized carbons (Fsp3) is 0.160. The second-order valence-electron chi connectivity index (χ2n) is 8.82. The molecule has 1 aliphatic rings. The molecule has 0 bridgehead atoms. The largest absolute Gasteiger partial charge is 0.489 e. The Balaban J connectivity index is 1.65. The van der Waals surface area contributed by atoms with E-state index >= 15 is 0 Å². The summed E-state index contributed by atoms with van der Waals surface area (Å²) in [4.78, 5) is 12.3. The average Bonchev–Trinajstić information content (AvgIpc) is 3.62. The molecule has 1 aromatic heterocycles. The molecule has 37 heavy (non-hydrogen) atoms. The number of furan rings is 1. The molecule has 0 spiro atoms. The third-order valence-electron chi connectivity index (χ3n) is 6.33. The number of hydrogen-bond acceptors (Lipinski definition) is 6. The molecule has 190 valence electrons. The highest BCUT2D eigenvalue weighted by Crippen LogP contribution is 2.48. The van der Waals surface area contributed by atoms with E-state index in [1.165, 1.54) is 16.4 Å². The van der Waals surface area contributed by atoms with Crippen molar-refractivity contribution in [3.8, 4) is 11.3 Å². The summed E-state index contributed by atoms with van der Waals surface area (Å²) in [5.74, 6) is -0.922. The molecular weight excluding hydrogens is 540 g/mol. The summed E-state index contributed by atoms with van der Waals surface area (Å²) in [5, 5.41) is 29.8. The van der Waals surface area contributed by atoms with E-state index in [1.807, 2.05) is 0 Å². The average molecular weight is 560 g/mol. The molecule has 0 amide bonds. The molecule has 1 heterocycles. The van der Waals surface area contributed by atoms with Crippen molar-refractivity contribution in [2.45, 2.75) is 25.3 Å². The lowest BCUT2D eigenvalue weighted by Crippen LogP contribution is -2.31. The highest BCUT2D eigenvalue weighted by atomic mass is 35.5. The molecule has 3 aromatic carbocycles. The molecule has 0 atom stereocenters. The van der Waals surface area contributed by atoms with Crippen LogP contribution in [0.5, 0.6) is 0 Å². The van der Waals surface area contributed by atoms with Crippen LogP contribution in [-0.4, -0.2) is 36.7 Å². The lowest BCUT2D eigenvalue weighted by Gasteiger charge is -2.22. The minimum atomic E-state index is -3.10. The number of carbonyl (C=O) groups is 1. The molecule has 0 aliphatic heterocycles. The van der Waals surface area contributed by atoms with Gasteiger partial charge in [0.2, 0.25) is 10.9 Å². The van der Waals surface area contributed by atoms with Gasteiger partial charge in [0, 0.05) is 32.5 Å². The van der Waals surface area contributed by atoms with E-state index in [1.54, 1.807) is 42.5 Å². The maximum atomic E-state index is 12.4. The van der Waals surface area contributed by atoms with Crippen LogP contribution in [0.3, 0.4) is 0 Å². The van der Waals surface area contributed by atoms with Crippen molar-refractivity contribution in [3.05, 3.63) is 81.3 Å². The number of thiol groups is 1. The topological polar surface area (TPSA) is 128 Å². The molecule has 1 aliphatic carbocycles. The summed E-state index contributed by atoms with van der Waals surface area (Å²) in [7, 11) is -4.86. The predicted octanol–water partition coefficient (Wildman–Crippen LogP) is 4.20. The minimum absolute atomic E-state index is 0.00577. The van der Waals surface area contributed by atoms with E-state index in [0.29, 0.717) is 32.8 Å². The van der Waals surface area contributed by atoms with Crippen molar-refractivity contribution < 1.29 is 32.8 Å². The van der Waals surface area contributed by atoms with Crippen LogP contribution in [0.2, 0.25) is 10.0 Å². The Bertz CT molecular complexity index is 1590. The Kier molecular flexibility index (Phi) is 6.95. The van der Waals surface area contributed by atoms with Crippen molar-refractivity contribution in [2.75, 3.05) is 4.31 Å². The zero-order chi connectivity index (χ0) is 26.4. The number of carboxylic acids is 1. The van der Waals surface area contributed by atoms with E-state index in [4.69, 9.17) is 27.6 Å². The van der Waals surface area contributed by atoms with Crippen LogP contribution in [0.25, 0.3) is 22.3 Å². The van der Waals surface area contributed by atoms with Crippen LogP contribution in [-0.2, 0) is 17.4 Å². The summed E-state index contributed by atoms with van der Waals surface area (Å²) in [6.45, 7) is -0.0675. The maximum Gasteiger partial charge on any atom is 0.489 e. The van der Waals surface area contributed by atoms with Crippen LogP contribution < -0.4 is 9.77 Å². The van der Waals surface area contributed by atoms with Gasteiger partial charge in [0.15, 0.2) is 0 Å². The van der Waals surface area contributed by atoms with Crippen LogP contribution in [0, 0.1) is 0 Å². The van der Waals surface area contributed by atoms with Gasteiger partial charge in [-0.15, -0.1) is 0 Å². The number of rotatable bonds is 8. The van der Waals surface area contributed by atoms with E-state index in [-0.39, 0.29) is 39.9 Å². The van der Waals surface area contributed by atoms with E-state index in [0.717, 1.165) is 12.8 Å². The number of anilines is 1. The molecule has 0 unspecified atom stereocenters. The second-order valence-corrected chi connectivity index (χ2v) is 10.6. The van der Waals surface area contributed by atoms with Crippen molar-refractivity contribution >= 4 is 69.3 Å². The van der Waals surface area contributed by atoms with Gasteiger partial charge in [0.25, 0.3) is 0 Å². The van der Waals surface area contributed by atoms with Gasteiger partial charge in [0.05, 0.1) is 12.2 Å². The first kappa shape index (κ1) is 25.6. The minimum Gasteiger partial charge on any atom is -0.478 e. The number of carboxylic acid groups (broad SMARTS) is 1. The molecule has 1 saturated carbocycles. The third-order valence-corrected chi connectivity index (χ3v) is 7.66. The highest BCUT2D eigenvalue weighted by molar-refractivity contribution is 7.74. The lowest BCUT2D eigenvalue weighted by molar-refractivity contribution is 0.0699. The van der Waals surface area contributed by atoms with Gasteiger partial charge in [-0.3, -0.25) is 4.31 Å². The molecule has 5 rings (SSSR count). The Hall–Kier alpha value is -3.02.